The zero-order valence-corrected chi connectivity index (χ0v) is 16.0. The van der Waals surface area contributed by atoms with Crippen molar-refractivity contribution in [3.05, 3.63) is 48.0 Å². The highest BCUT2D eigenvalue weighted by molar-refractivity contribution is 5.92. The number of carbonyl (C=O) groups is 1. The van der Waals surface area contributed by atoms with Gasteiger partial charge in [-0.15, -0.1) is 5.10 Å². The van der Waals surface area contributed by atoms with Gasteiger partial charge in [-0.2, -0.15) is 0 Å². The maximum absolute atomic E-state index is 12.7. The standard InChI is InChI=1S/C21H24N6O/c1-25-20-7-6-16(14-18(20)23-24-25)22-21(28)26-11-9-17(10-12-26)27-13-8-15-4-2-3-5-19(15)27/h2-7,14,17H,8-13H2,1H3,(H,22,28). The lowest BCUT2D eigenvalue weighted by atomic mass is 10.0. The molecule has 1 fully saturated rings. The molecule has 2 amide bonds. The second-order valence-corrected chi connectivity index (χ2v) is 7.64. The number of aromatic nitrogens is 3. The van der Waals surface area contributed by atoms with Crippen LogP contribution in [0.25, 0.3) is 11.0 Å². The van der Waals surface area contributed by atoms with Crippen molar-refractivity contribution in [3.8, 4) is 0 Å². The van der Waals surface area contributed by atoms with Gasteiger partial charge in [-0.3, -0.25) is 0 Å². The molecule has 5 rings (SSSR count). The third-order valence-corrected chi connectivity index (χ3v) is 5.98. The summed E-state index contributed by atoms with van der Waals surface area (Å²) >= 11 is 0. The minimum atomic E-state index is -0.0384. The van der Waals surface area contributed by atoms with Crippen LogP contribution in [-0.2, 0) is 13.5 Å². The van der Waals surface area contributed by atoms with Crippen LogP contribution in [0.2, 0.25) is 0 Å². The lowest BCUT2D eigenvalue weighted by molar-refractivity contribution is 0.193. The van der Waals surface area contributed by atoms with Crippen molar-refractivity contribution in [3.63, 3.8) is 0 Å². The Morgan fingerprint density at radius 3 is 2.79 bits per heavy atom. The summed E-state index contributed by atoms with van der Waals surface area (Å²) in [6.07, 6.45) is 3.14. The molecule has 0 spiro atoms. The van der Waals surface area contributed by atoms with Crippen molar-refractivity contribution in [2.45, 2.75) is 25.3 Å². The van der Waals surface area contributed by atoms with E-state index in [1.807, 2.05) is 30.1 Å². The van der Waals surface area contributed by atoms with Gasteiger partial charge in [-0.05, 0) is 49.1 Å². The van der Waals surface area contributed by atoms with E-state index in [0.29, 0.717) is 6.04 Å². The van der Waals surface area contributed by atoms with Crippen molar-refractivity contribution in [1.29, 1.82) is 0 Å². The van der Waals surface area contributed by atoms with Gasteiger partial charge in [-0.25, -0.2) is 9.48 Å². The Bertz CT molecular complexity index is 1020. The first-order valence-electron chi connectivity index (χ1n) is 9.89. The second-order valence-electron chi connectivity index (χ2n) is 7.64. The van der Waals surface area contributed by atoms with Crippen LogP contribution in [0.4, 0.5) is 16.2 Å². The molecule has 7 heteroatoms. The Labute approximate surface area is 163 Å². The number of hydrogen-bond donors (Lipinski definition) is 1. The van der Waals surface area contributed by atoms with Crippen molar-refractivity contribution < 1.29 is 4.79 Å². The fourth-order valence-corrected chi connectivity index (χ4v) is 4.44. The summed E-state index contributed by atoms with van der Waals surface area (Å²) in [7, 11) is 1.86. The van der Waals surface area contributed by atoms with Crippen LogP contribution < -0.4 is 10.2 Å². The molecule has 2 aromatic carbocycles. The van der Waals surface area contributed by atoms with E-state index in [0.717, 1.165) is 55.6 Å². The third kappa shape index (κ3) is 2.96. The van der Waals surface area contributed by atoms with Gasteiger partial charge >= 0.3 is 6.03 Å². The number of aryl methyl sites for hydroxylation is 1. The Balaban J connectivity index is 1.21. The SMILES string of the molecule is Cn1nnc2cc(NC(=O)N3CCC(N4CCc5ccccc54)CC3)ccc21. The van der Waals surface area contributed by atoms with Crippen molar-refractivity contribution in [1.82, 2.24) is 19.9 Å². The average molecular weight is 376 g/mol. The Hall–Kier alpha value is -3.09. The van der Waals surface area contributed by atoms with Crippen LogP contribution in [0.1, 0.15) is 18.4 Å². The van der Waals surface area contributed by atoms with E-state index in [2.05, 4.69) is 44.8 Å². The fraction of sp³-hybridized carbons (Fsp3) is 0.381. The number of hydrogen-bond acceptors (Lipinski definition) is 4. The van der Waals surface area contributed by atoms with Crippen molar-refractivity contribution >= 4 is 28.4 Å². The second kappa shape index (κ2) is 6.82. The zero-order valence-electron chi connectivity index (χ0n) is 16.0. The summed E-state index contributed by atoms with van der Waals surface area (Å²) < 4.78 is 1.72. The number of nitrogens with one attached hydrogen (secondary N) is 1. The summed E-state index contributed by atoms with van der Waals surface area (Å²) in [5.41, 5.74) is 5.31. The largest absolute Gasteiger partial charge is 0.368 e. The quantitative estimate of drug-likeness (QED) is 0.747. The molecule has 0 aliphatic carbocycles. The predicted molar refractivity (Wildman–Crippen MR) is 110 cm³/mol. The van der Waals surface area contributed by atoms with E-state index in [1.54, 1.807) is 4.68 Å². The highest BCUT2D eigenvalue weighted by Gasteiger charge is 2.30. The first kappa shape index (κ1) is 17.0. The summed E-state index contributed by atoms with van der Waals surface area (Å²) in [6, 6.07) is 14.9. The molecule has 0 unspecified atom stereocenters. The molecule has 28 heavy (non-hydrogen) atoms. The Kier molecular flexibility index (Phi) is 4.15. The van der Waals surface area contributed by atoms with E-state index in [9.17, 15) is 4.79 Å². The van der Waals surface area contributed by atoms with Gasteiger partial charge in [0, 0.05) is 44.1 Å². The highest BCUT2D eigenvalue weighted by Crippen LogP contribution is 2.32. The molecule has 144 valence electrons. The number of para-hydroxylation sites is 1. The molecule has 1 N–H and O–H groups in total. The maximum atomic E-state index is 12.7. The van der Waals surface area contributed by atoms with Crippen molar-refractivity contribution in [2.24, 2.45) is 7.05 Å². The van der Waals surface area contributed by atoms with Crippen LogP contribution in [0.5, 0.6) is 0 Å². The van der Waals surface area contributed by atoms with Crippen LogP contribution in [0.15, 0.2) is 42.5 Å². The first-order valence-corrected chi connectivity index (χ1v) is 9.89. The van der Waals surface area contributed by atoms with Gasteiger partial charge in [0.05, 0.1) is 5.52 Å². The van der Waals surface area contributed by atoms with Gasteiger partial charge in [0.15, 0.2) is 0 Å². The third-order valence-electron chi connectivity index (χ3n) is 5.98. The number of nitrogens with zero attached hydrogens (tertiary/aromatic N) is 5. The highest BCUT2D eigenvalue weighted by atomic mass is 16.2. The van der Waals surface area contributed by atoms with Crippen molar-refractivity contribution in [2.75, 3.05) is 29.9 Å². The number of amides is 2. The fourth-order valence-electron chi connectivity index (χ4n) is 4.44. The molecule has 2 aliphatic rings. The van der Waals surface area contributed by atoms with E-state index in [4.69, 9.17) is 0 Å². The molecule has 0 radical (unpaired) electrons. The van der Waals surface area contributed by atoms with E-state index in [1.165, 1.54) is 11.3 Å². The molecule has 1 saturated heterocycles. The Morgan fingerprint density at radius 1 is 1.11 bits per heavy atom. The number of benzene rings is 2. The van der Waals surface area contributed by atoms with Crippen LogP contribution in [0, 0.1) is 0 Å². The summed E-state index contributed by atoms with van der Waals surface area (Å²) in [5.74, 6) is 0. The number of rotatable bonds is 2. The zero-order chi connectivity index (χ0) is 19.1. The lowest BCUT2D eigenvalue weighted by Gasteiger charge is -2.38. The molecule has 0 saturated carbocycles. The maximum Gasteiger partial charge on any atom is 0.321 e. The average Bonchev–Trinajstić information content (AvgIpc) is 3.32. The van der Waals surface area contributed by atoms with Crippen LogP contribution in [0.3, 0.4) is 0 Å². The summed E-state index contributed by atoms with van der Waals surface area (Å²) in [6.45, 7) is 2.65. The molecule has 3 aromatic rings. The molecule has 0 bridgehead atoms. The summed E-state index contributed by atoms with van der Waals surface area (Å²) in [4.78, 5) is 17.1. The number of carbonyl (C=O) groups excluding carboxylic acids is 1. The number of fused-ring (bicyclic) bond motifs is 2. The van der Waals surface area contributed by atoms with Gasteiger partial charge in [0.2, 0.25) is 0 Å². The first-order chi connectivity index (χ1) is 13.7. The van der Waals surface area contributed by atoms with E-state index in [-0.39, 0.29) is 6.03 Å². The molecule has 2 aliphatic heterocycles. The molecule has 1 aromatic heterocycles. The molecule has 0 atom stereocenters. The van der Waals surface area contributed by atoms with E-state index >= 15 is 0 Å². The van der Waals surface area contributed by atoms with Gasteiger partial charge in [0.25, 0.3) is 0 Å². The van der Waals surface area contributed by atoms with Gasteiger partial charge in [-0.1, -0.05) is 23.4 Å². The van der Waals surface area contributed by atoms with Crippen LogP contribution in [-0.4, -0.2) is 51.6 Å². The molecule has 7 nitrogen and oxygen atoms in total. The minimum absolute atomic E-state index is 0.0384. The minimum Gasteiger partial charge on any atom is -0.368 e. The molecular formula is C21H24N6O. The number of anilines is 2. The number of likely N-dealkylation sites (tertiary alicyclic amines) is 1. The monoisotopic (exact) mass is 376 g/mol. The topological polar surface area (TPSA) is 66.3 Å². The van der Waals surface area contributed by atoms with Gasteiger partial charge < -0.3 is 15.1 Å². The van der Waals surface area contributed by atoms with Crippen LogP contribution >= 0.6 is 0 Å². The Morgan fingerprint density at radius 2 is 1.93 bits per heavy atom. The molecular weight excluding hydrogens is 352 g/mol. The summed E-state index contributed by atoms with van der Waals surface area (Å²) in [5, 5.41) is 11.1. The number of piperidine rings is 1. The smallest absolute Gasteiger partial charge is 0.321 e. The lowest BCUT2D eigenvalue weighted by Crippen LogP contribution is -2.47. The number of urea groups is 1. The predicted octanol–water partition coefficient (Wildman–Crippen LogP) is 3.03. The van der Waals surface area contributed by atoms with Gasteiger partial charge in [0.1, 0.15) is 5.52 Å². The normalized spacial score (nSPS) is 17.2. The molecule has 3 heterocycles. The van der Waals surface area contributed by atoms with E-state index < -0.39 is 0 Å².